The van der Waals surface area contributed by atoms with Crippen molar-refractivity contribution >= 4 is 11.8 Å². The molecular formula is C9H16FN5O2. The van der Waals surface area contributed by atoms with E-state index in [1.165, 1.54) is 0 Å². The number of nitrogens with zero attached hydrogens (tertiary/aromatic N) is 2. The largest absolute Gasteiger partial charge is 0.394 e. The third kappa shape index (κ3) is 2.99. The first-order valence-corrected chi connectivity index (χ1v) is 5.10. The van der Waals surface area contributed by atoms with Crippen LogP contribution in [0.3, 0.4) is 0 Å². The third-order valence-corrected chi connectivity index (χ3v) is 2.54. The Morgan fingerprint density at radius 3 is 2.59 bits per heavy atom. The van der Waals surface area contributed by atoms with E-state index in [2.05, 4.69) is 20.7 Å². The second kappa shape index (κ2) is 5.71. The zero-order chi connectivity index (χ0) is 12.9. The first-order valence-electron chi connectivity index (χ1n) is 5.10. The number of hydrazine groups is 1. The molecular weight excluding hydrogens is 229 g/mol. The molecule has 0 spiro atoms. The molecule has 0 aliphatic carbocycles. The number of hydrogen-bond acceptors (Lipinski definition) is 7. The summed E-state index contributed by atoms with van der Waals surface area (Å²) in [5.41, 5.74) is 1.15. The van der Waals surface area contributed by atoms with E-state index >= 15 is 0 Å². The standard InChI is InChI=1S/C9H16FN5O2/c1-2-9(4-16,5-17)14-7-6(10)3-12-8(13-7)15-11/h3,16-17H,2,4-5,11H2,1H3,(H2,12,13,14,15). The lowest BCUT2D eigenvalue weighted by molar-refractivity contribution is 0.132. The molecule has 0 unspecified atom stereocenters. The van der Waals surface area contributed by atoms with Crippen molar-refractivity contribution in [3.63, 3.8) is 0 Å². The minimum Gasteiger partial charge on any atom is -0.394 e. The van der Waals surface area contributed by atoms with Crippen molar-refractivity contribution in [1.29, 1.82) is 0 Å². The van der Waals surface area contributed by atoms with Gasteiger partial charge in [-0.25, -0.2) is 15.2 Å². The summed E-state index contributed by atoms with van der Waals surface area (Å²) in [6.45, 7) is 1.05. The van der Waals surface area contributed by atoms with Crippen LogP contribution in [0.2, 0.25) is 0 Å². The molecule has 0 saturated carbocycles. The summed E-state index contributed by atoms with van der Waals surface area (Å²) in [5, 5.41) is 21.1. The quantitative estimate of drug-likeness (QED) is 0.337. The smallest absolute Gasteiger partial charge is 0.239 e. The summed E-state index contributed by atoms with van der Waals surface area (Å²) in [4.78, 5) is 7.34. The van der Waals surface area contributed by atoms with Crippen LogP contribution in [0.15, 0.2) is 6.20 Å². The van der Waals surface area contributed by atoms with Gasteiger partial charge in [-0.05, 0) is 6.42 Å². The van der Waals surface area contributed by atoms with Crippen LogP contribution in [0.4, 0.5) is 16.2 Å². The highest BCUT2D eigenvalue weighted by Crippen LogP contribution is 2.19. The molecule has 0 amide bonds. The van der Waals surface area contributed by atoms with Crippen molar-refractivity contribution in [1.82, 2.24) is 9.97 Å². The van der Waals surface area contributed by atoms with Crippen LogP contribution in [0, 0.1) is 5.82 Å². The molecule has 8 heteroatoms. The minimum atomic E-state index is -1.03. The lowest BCUT2D eigenvalue weighted by Gasteiger charge is -2.30. The number of nitrogens with one attached hydrogen (secondary N) is 2. The molecule has 1 heterocycles. The lowest BCUT2D eigenvalue weighted by Crippen LogP contribution is -2.45. The van der Waals surface area contributed by atoms with Crippen LogP contribution >= 0.6 is 0 Å². The summed E-state index contributed by atoms with van der Waals surface area (Å²) in [5.74, 6) is 4.32. The molecule has 0 aromatic carbocycles. The second-order valence-electron chi connectivity index (χ2n) is 3.61. The zero-order valence-corrected chi connectivity index (χ0v) is 9.44. The van der Waals surface area contributed by atoms with Crippen LogP contribution < -0.4 is 16.6 Å². The van der Waals surface area contributed by atoms with Gasteiger partial charge in [0.2, 0.25) is 5.95 Å². The number of aliphatic hydroxyl groups is 2. The molecule has 0 fully saturated rings. The predicted molar refractivity (Wildman–Crippen MR) is 60.6 cm³/mol. The Morgan fingerprint density at radius 2 is 2.12 bits per heavy atom. The van der Waals surface area contributed by atoms with Crippen molar-refractivity contribution in [3.8, 4) is 0 Å². The molecule has 0 atom stereocenters. The van der Waals surface area contributed by atoms with E-state index in [-0.39, 0.29) is 25.0 Å². The van der Waals surface area contributed by atoms with Crippen LogP contribution in [-0.2, 0) is 0 Å². The summed E-state index contributed by atoms with van der Waals surface area (Å²) in [6, 6.07) is 0. The average Bonchev–Trinajstić information content (AvgIpc) is 2.38. The van der Waals surface area contributed by atoms with Crippen molar-refractivity contribution < 1.29 is 14.6 Å². The number of nitrogens with two attached hydrogens (primary N) is 1. The normalized spacial score (nSPS) is 11.4. The van der Waals surface area contributed by atoms with E-state index in [0.29, 0.717) is 6.42 Å². The van der Waals surface area contributed by atoms with Gasteiger partial charge in [0.15, 0.2) is 11.6 Å². The Labute approximate surface area is 97.9 Å². The SMILES string of the molecule is CCC(CO)(CO)Nc1nc(NN)ncc1F. The molecule has 1 aromatic heterocycles. The first-order chi connectivity index (χ1) is 8.10. The van der Waals surface area contributed by atoms with Gasteiger partial charge < -0.3 is 15.5 Å². The fraction of sp³-hybridized carbons (Fsp3) is 0.556. The summed E-state index contributed by atoms with van der Waals surface area (Å²) >= 11 is 0. The Bertz CT molecular complexity index is 364. The van der Waals surface area contributed by atoms with Crippen LogP contribution in [0.5, 0.6) is 0 Å². The number of rotatable bonds is 6. The minimum absolute atomic E-state index is 0.0368. The van der Waals surface area contributed by atoms with Crippen molar-refractivity contribution in [2.45, 2.75) is 18.9 Å². The van der Waals surface area contributed by atoms with Gasteiger partial charge in [-0.1, -0.05) is 6.92 Å². The fourth-order valence-electron chi connectivity index (χ4n) is 1.22. The number of aliphatic hydroxyl groups excluding tert-OH is 2. The van der Waals surface area contributed by atoms with E-state index in [1.54, 1.807) is 6.92 Å². The zero-order valence-electron chi connectivity index (χ0n) is 9.44. The van der Waals surface area contributed by atoms with E-state index in [4.69, 9.17) is 5.84 Å². The van der Waals surface area contributed by atoms with E-state index in [0.717, 1.165) is 6.20 Å². The molecule has 0 aliphatic heterocycles. The average molecular weight is 245 g/mol. The van der Waals surface area contributed by atoms with Crippen LogP contribution in [0.25, 0.3) is 0 Å². The molecule has 1 aromatic rings. The van der Waals surface area contributed by atoms with Crippen molar-refractivity contribution in [2.24, 2.45) is 5.84 Å². The molecule has 0 radical (unpaired) electrons. The van der Waals surface area contributed by atoms with Crippen LogP contribution in [0.1, 0.15) is 13.3 Å². The molecule has 0 saturated heterocycles. The van der Waals surface area contributed by atoms with E-state index < -0.39 is 11.4 Å². The van der Waals surface area contributed by atoms with Gasteiger partial charge in [0.1, 0.15) is 0 Å². The molecule has 0 bridgehead atoms. The number of anilines is 2. The lowest BCUT2D eigenvalue weighted by atomic mass is 9.98. The van der Waals surface area contributed by atoms with Gasteiger partial charge >= 0.3 is 0 Å². The molecule has 17 heavy (non-hydrogen) atoms. The fourth-order valence-corrected chi connectivity index (χ4v) is 1.22. The topological polar surface area (TPSA) is 116 Å². The maximum atomic E-state index is 13.4. The van der Waals surface area contributed by atoms with Gasteiger partial charge in [-0.15, -0.1) is 0 Å². The Kier molecular flexibility index (Phi) is 4.55. The second-order valence-corrected chi connectivity index (χ2v) is 3.61. The molecule has 7 nitrogen and oxygen atoms in total. The monoisotopic (exact) mass is 245 g/mol. The van der Waals surface area contributed by atoms with Crippen molar-refractivity contribution in [3.05, 3.63) is 12.0 Å². The Hall–Kier alpha value is -1.51. The molecule has 6 N–H and O–H groups in total. The van der Waals surface area contributed by atoms with Gasteiger partial charge in [-0.2, -0.15) is 4.98 Å². The molecule has 96 valence electrons. The number of aromatic nitrogens is 2. The number of nitrogen functional groups attached to an aromatic ring is 1. The number of hydrogen-bond donors (Lipinski definition) is 5. The first kappa shape index (κ1) is 13.6. The van der Waals surface area contributed by atoms with Gasteiger partial charge in [0.25, 0.3) is 0 Å². The van der Waals surface area contributed by atoms with E-state index in [1.807, 2.05) is 0 Å². The summed E-state index contributed by atoms with van der Waals surface area (Å²) in [6.07, 6.45) is 1.34. The van der Waals surface area contributed by atoms with Crippen LogP contribution in [-0.4, -0.2) is 38.9 Å². The third-order valence-electron chi connectivity index (χ3n) is 2.54. The Balaban J connectivity index is 2.99. The van der Waals surface area contributed by atoms with E-state index in [9.17, 15) is 14.6 Å². The summed E-state index contributed by atoms with van der Waals surface area (Å²) in [7, 11) is 0. The summed E-state index contributed by atoms with van der Waals surface area (Å²) < 4.78 is 13.4. The highest BCUT2D eigenvalue weighted by molar-refractivity contribution is 5.43. The maximum Gasteiger partial charge on any atom is 0.239 e. The number of halogens is 1. The Morgan fingerprint density at radius 1 is 1.47 bits per heavy atom. The predicted octanol–water partition coefficient (Wildman–Crippen LogP) is -0.553. The highest BCUT2D eigenvalue weighted by atomic mass is 19.1. The van der Waals surface area contributed by atoms with Gasteiger partial charge in [0, 0.05) is 0 Å². The van der Waals surface area contributed by atoms with Crippen molar-refractivity contribution in [2.75, 3.05) is 24.0 Å². The maximum absolute atomic E-state index is 13.4. The molecule has 1 rings (SSSR count). The van der Waals surface area contributed by atoms with Gasteiger partial charge in [0.05, 0.1) is 24.9 Å². The molecule has 0 aliphatic rings. The van der Waals surface area contributed by atoms with Gasteiger partial charge in [-0.3, -0.25) is 5.43 Å². The highest BCUT2D eigenvalue weighted by Gasteiger charge is 2.28.